The van der Waals surface area contributed by atoms with Crippen LogP contribution < -0.4 is 0 Å². The Morgan fingerprint density at radius 2 is 1.94 bits per heavy atom. The van der Waals surface area contributed by atoms with Gasteiger partial charge in [0.2, 0.25) is 5.91 Å². The third-order valence-corrected chi connectivity index (χ3v) is 6.65. The zero-order valence-electron chi connectivity index (χ0n) is 20.3. The molecule has 35 heavy (non-hydrogen) atoms. The minimum Gasteiger partial charge on any atom is -0.465 e. The zero-order valence-corrected chi connectivity index (χ0v) is 20.3. The van der Waals surface area contributed by atoms with Gasteiger partial charge in [-0.15, -0.1) is 0 Å². The highest BCUT2D eigenvalue weighted by Gasteiger charge is 2.37. The SMILES string of the molecule is CCOC(=O)C(C)(C)C(=O)CCC(=O)N1CCc2c(n(Cc3cccc(F)c3)c3ncccc23)C1. The van der Waals surface area contributed by atoms with Gasteiger partial charge in [0.25, 0.3) is 0 Å². The molecule has 4 rings (SSSR count). The molecule has 0 atom stereocenters. The number of Topliss-reactive ketones (excluding diaryl/α,β-unsaturated/α-hetero) is 1. The van der Waals surface area contributed by atoms with Gasteiger partial charge in [0, 0.05) is 43.2 Å². The van der Waals surface area contributed by atoms with Crippen LogP contribution in [0.1, 0.15) is 50.4 Å². The van der Waals surface area contributed by atoms with Gasteiger partial charge in [-0.05, 0) is 62.6 Å². The van der Waals surface area contributed by atoms with Crippen molar-refractivity contribution in [3.05, 3.63) is 65.2 Å². The lowest BCUT2D eigenvalue weighted by Crippen LogP contribution is -2.39. The number of pyridine rings is 1. The average molecular weight is 480 g/mol. The van der Waals surface area contributed by atoms with E-state index in [9.17, 15) is 18.8 Å². The molecule has 0 N–H and O–H groups in total. The third-order valence-electron chi connectivity index (χ3n) is 6.65. The van der Waals surface area contributed by atoms with Crippen molar-refractivity contribution in [3.8, 4) is 0 Å². The normalized spacial score (nSPS) is 13.5. The van der Waals surface area contributed by atoms with Crippen molar-refractivity contribution in [1.82, 2.24) is 14.5 Å². The van der Waals surface area contributed by atoms with Crippen molar-refractivity contribution in [2.45, 2.75) is 53.1 Å². The summed E-state index contributed by atoms with van der Waals surface area (Å²) in [5.74, 6) is -1.33. The number of ether oxygens (including phenoxy) is 1. The number of amides is 1. The Morgan fingerprint density at radius 1 is 1.14 bits per heavy atom. The molecule has 0 radical (unpaired) electrons. The molecule has 0 saturated carbocycles. The van der Waals surface area contributed by atoms with E-state index in [0.717, 1.165) is 27.9 Å². The highest BCUT2D eigenvalue weighted by molar-refractivity contribution is 6.03. The number of halogens is 1. The molecule has 3 aromatic rings. The number of rotatable bonds is 8. The lowest BCUT2D eigenvalue weighted by atomic mass is 9.85. The number of aromatic nitrogens is 2. The van der Waals surface area contributed by atoms with E-state index in [0.29, 0.717) is 26.1 Å². The van der Waals surface area contributed by atoms with Gasteiger partial charge in [-0.25, -0.2) is 9.37 Å². The fraction of sp³-hybridized carbons (Fsp3) is 0.407. The highest BCUT2D eigenvalue weighted by atomic mass is 19.1. The predicted octanol–water partition coefficient (Wildman–Crippen LogP) is 4.05. The Kier molecular flexibility index (Phi) is 7.00. The second-order valence-corrected chi connectivity index (χ2v) is 9.35. The molecule has 1 amide bonds. The van der Waals surface area contributed by atoms with Gasteiger partial charge in [-0.3, -0.25) is 14.4 Å². The lowest BCUT2D eigenvalue weighted by Gasteiger charge is -2.29. The molecule has 0 spiro atoms. The van der Waals surface area contributed by atoms with Crippen molar-refractivity contribution >= 4 is 28.7 Å². The third kappa shape index (κ3) is 4.97. The van der Waals surface area contributed by atoms with Gasteiger partial charge in [0.1, 0.15) is 22.7 Å². The second-order valence-electron chi connectivity index (χ2n) is 9.35. The summed E-state index contributed by atoms with van der Waals surface area (Å²) < 4.78 is 20.9. The summed E-state index contributed by atoms with van der Waals surface area (Å²) >= 11 is 0. The number of hydrogen-bond acceptors (Lipinski definition) is 5. The minimum absolute atomic E-state index is 0.0260. The maximum atomic E-state index is 13.8. The Balaban J connectivity index is 1.52. The summed E-state index contributed by atoms with van der Waals surface area (Å²) in [6, 6.07) is 10.4. The Morgan fingerprint density at radius 3 is 2.69 bits per heavy atom. The largest absolute Gasteiger partial charge is 0.465 e. The number of nitrogens with zero attached hydrogens (tertiary/aromatic N) is 3. The van der Waals surface area contributed by atoms with Gasteiger partial charge >= 0.3 is 5.97 Å². The maximum Gasteiger partial charge on any atom is 0.319 e. The van der Waals surface area contributed by atoms with Crippen molar-refractivity contribution < 1.29 is 23.5 Å². The van der Waals surface area contributed by atoms with Crippen LogP contribution >= 0.6 is 0 Å². The van der Waals surface area contributed by atoms with Crippen molar-refractivity contribution in [1.29, 1.82) is 0 Å². The van der Waals surface area contributed by atoms with Crippen LogP contribution in [0.3, 0.4) is 0 Å². The number of ketones is 1. The highest BCUT2D eigenvalue weighted by Crippen LogP contribution is 2.31. The van der Waals surface area contributed by atoms with Crippen LogP contribution in [0.2, 0.25) is 0 Å². The Hall–Kier alpha value is -3.55. The van der Waals surface area contributed by atoms with Crippen LogP contribution in [0.4, 0.5) is 4.39 Å². The van der Waals surface area contributed by atoms with Crippen LogP contribution in [0.5, 0.6) is 0 Å². The van der Waals surface area contributed by atoms with Gasteiger partial charge < -0.3 is 14.2 Å². The number of carbonyl (C=O) groups excluding carboxylic acids is 3. The fourth-order valence-electron chi connectivity index (χ4n) is 4.58. The van der Waals surface area contributed by atoms with E-state index in [1.54, 1.807) is 24.1 Å². The van der Waals surface area contributed by atoms with Gasteiger partial charge in [-0.2, -0.15) is 0 Å². The quantitative estimate of drug-likeness (QED) is 0.360. The summed E-state index contributed by atoms with van der Waals surface area (Å²) in [6.45, 7) is 6.31. The van der Waals surface area contributed by atoms with Crippen LogP contribution in [-0.4, -0.2) is 45.3 Å². The maximum absolute atomic E-state index is 13.8. The second kappa shape index (κ2) is 9.98. The van der Waals surface area contributed by atoms with E-state index in [4.69, 9.17) is 4.74 Å². The molecule has 0 fully saturated rings. The first kappa shape index (κ1) is 24.6. The first-order valence-electron chi connectivity index (χ1n) is 11.9. The summed E-state index contributed by atoms with van der Waals surface area (Å²) in [5.41, 5.74) is 2.45. The summed E-state index contributed by atoms with van der Waals surface area (Å²) in [6.07, 6.45) is 2.40. The molecule has 1 aliphatic rings. The van der Waals surface area contributed by atoms with E-state index in [-0.39, 0.29) is 37.0 Å². The number of benzene rings is 1. The number of fused-ring (bicyclic) bond motifs is 3. The van der Waals surface area contributed by atoms with Crippen molar-refractivity contribution in [3.63, 3.8) is 0 Å². The van der Waals surface area contributed by atoms with Crippen LogP contribution in [0.25, 0.3) is 11.0 Å². The molecular weight excluding hydrogens is 449 g/mol. The van der Waals surface area contributed by atoms with Crippen LogP contribution in [0, 0.1) is 11.2 Å². The molecule has 1 aliphatic heterocycles. The monoisotopic (exact) mass is 479 g/mol. The molecule has 1 aromatic carbocycles. The standard InChI is InChI=1S/C27H30FN3O4/c1-4-35-26(34)27(2,3)23(32)10-11-24(33)30-14-12-20-21-9-6-13-29-25(21)31(22(20)17-30)16-18-7-5-8-19(28)15-18/h5-9,13,15H,4,10-12,14,16-17H2,1-3H3. The molecule has 0 bridgehead atoms. The van der Waals surface area contributed by atoms with Gasteiger partial charge in [-0.1, -0.05) is 12.1 Å². The first-order valence-corrected chi connectivity index (χ1v) is 11.9. The topological polar surface area (TPSA) is 81.5 Å². The van der Waals surface area contributed by atoms with Crippen molar-refractivity contribution in [2.24, 2.45) is 5.41 Å². The van der Waals surface area contributed by atoms with E-state index in [1.807, 2.05) is 22.8 Å². The molecule has 7 nitrogen and oxygen atoms in total. The predicted molar refractivity (Wildman–Crippen MR) is 129 cm³/mol. The molecule has 184 valence electrons. The van der Waals surface area contributed by atoms with Crippen LogP contribution in [-0.2, 0) is 38.6 Å². The fourth-order valence-corrected chi connectivity index (χ4v) is 4.58. The summed E-state index contributed by atoms with van der Waals surface area (Å²) in [5, 5.41) is 1.04. The Bertz CT molecular complexity index is 1280. The number of carbonyl (C=O) groups is 3. The molecule has 3 heterocycles. The molecule has 0 saturated heterocycles. The smallest absolute Gasteiger partial charge is 0.319 e. The van der Waals surface area contributed by atoms with Gasteiger partial charge in [0.05, 0.1) is 13.2 Å². The van der Waals surface area contributed by atoms with Crippen LogP contribution in [0.15, 0.2) is 42.6 Å². The van der Waals surface area contributed by atoms with E-state index >= 15 is 0 Å². The van der Waals surface area contributed by atoms with Gasteiger partial charge in [0.15, 0.2) is 0 Å². The summed E-state index contributed by atoms with van der Waals surface area (Å²) in [7, 11) is 0. The molecule has 0 unspecified atom stereocenters. The zero-order chi connectivity index (χ0) is 25.2. The average Bonchev–Trinajstić information content (AvgIpc) is 3.15. The van der Waals surface area contributed by atoms with E-state index in [1.165, 1.54) is 26.0 Å². The minimum atomic E-state index is -1.28. The number of esters is 1. The lowest BCUT2D eigenvalue weighted by molar-refractivity contribution is -0.158. The number of hydrogen-bond donors (Lipinski definition) is 0. The van der Waals surface area contributed by atoms with Crippen molar-refractivity contribution in [2.75, 3.05) is 13.2 Å². The summed E-state index contributed by atoms with van der Waals surface area (Å²) in [4.78, 5) is 44.1. The molecular formula is C27H30FN3O4. The molecule has 2 aromatic heterocycles. The first-order chi connectivity index (χ1) is 16.7. The van der Waals surface area contributed by atoms with E-state index < -0.39 is 11.4 Å². The molecule has 0 aliphatic carbocycles. The van der Waals surface area contributed by atoms with E-state index in [2.05, 4.69) is 4.98 Å². The molecule has 8 heteroatoms. The Labute approximate surface area is 203 Å².